The maximum absolute atomic E-state index is 6.88. The highest BCUT2D eigenvalue weighted by molar-refractivity contribution is 6.22. The van der Waals surface area contributed by atoms with Crippen molar-refractivity contribution >= 4 is 60.5 Å². The van der Waals surface area contributed by atoms with Crippen LogP contribution < -0.4 is 4.90 Å². The van der Waals surface area contributed by atoms with Crippen LogP contribution in [0.1, 0.15) is 0 Å². The Bertz CT molecular complexity index is 3250. The monoisotopic (exact) mass is 739 g/mol. The third kappa shape index (κ3) is 5.91. The van der Waals surface area contributed by atoms with Crippen LogP contribution in [-0.4, -0.2) is 0 Å². The average Bonchev–Trinajstić information content (AvgIpc) is 3.69. The number of nitrogens with zero attached hydrogens (tertiary/aromatic N) is 1. The number of hydrogen-bond donors (Lipinski definition) is 0. The minimum absolute atomic E-state index is 0.854. The molecule has 0 unspecified atom stereocenters. The van der Waals surface area contributed by atoms with Crippen molar-refractivity contribution in [1.29, 1.82) is 0 Å². The van der Waals surface area contributed by atoms with E-state index in [0.717, 1.165) is 50.0 Å². The lowest BCUT2D eigenvalue weighted by Gasteiger charge is -2.27. The van der Waals surface area contributed by atoms with Crippen LogP contribution in [-0.2, 0) is 0 Å². The predicted octanol–water partition coefficient (Wildman–Crippen LogP) is 16.0. The molecule has 0 aliphatic rings. The molecule has 58 heavy (non-hydrogen) atoms. The highest BCUT2D eigenvalue weighted by Gasteiger charge is 2.22. The number of benzene rings is 10. The summed E-state index contributed by atoms with van der Waals surface area (Å²) in [6.45, 7) is 0. The number of anilines is 3. The summed E-state index contributed by atoms with van der Waals surface area (Å²) in [6.07, 6.45) is 0. The molecule has 0 saturated heterocycles. The van der Waals surface area contributed by atoms with Crippen molar-refractivity contribution < 1.29 is 4.42 Å². The minimum atomic E-state index is 0.854. The van der Waals surface area contributed by atoms with Gasteiger partial charge in [0.15, 0.2) is 0 Å². The summed E-state index contributed by atoms with van der Waals surface area (Å²) < 4.78 is 6.88. The maximum atomic E-state index is 6.88. The van der Waals surface area contributed by atoms with Gasteiger partial charge in [0.05, 0.1) is 11.1 Å². The molecule has 0 aliphatic heterocycles. The summed E-state index contributed by atoms with van der Waals surface area (Å²) in [6, 6.07) is 80.6. The normalized spacial score (nSPS) is 11.4. The van der Waals surface area contributed by atoms with Crippen molar-refractivity contribution in [2.45, 2.75) is 0 Å². The van der Waals surface area contributed by atoms with Gasteiger partial charge < -0.3 is 9.32 Å². The second-order valence-corrected chi connectivity index (χ2v) is 14.9. The number of furan rings is 1. The Labute approximate surface area is 337 Å². The van der Waals surface area contributed by atoms with E-state index in [1.807, 2.05) is 0 Å². The molecular formula is C56H37NO. The van der Waals surface area contributed by atoms with Gasteiger partial charge in [-0.1, -0.05) is 176 Å². The van der Waals surface area contributed by atoms with Crippen molar-refractivity contribution in [2.24, 2.45) is 0 Å². The van der Waals surface area contributed by atoms with Crippen LogP contribution in [0.25, 0.3) is 88.0 Å². The minimum Gasteiger partial charge on any atom is -0.455 e. The van der Waals surface area contributed by atoms with Crippen LogP contribution in [0.5, 0.6) is 0 Å². The molecule has 0 spiro atoms. The summed E-state index contributed by atoms with van der Waals surface area (Å²) in [7, 11) is 0. The topological polar surface area (TPSA) is 16.4 Å². The molecule has 11 aromatic rings. The van der Waals surface area contributed by atoms with Crippen molar-refractivity contribution in [2.75, 3.05) is 4.90 Å². The fourth-order valence-electron chi connectivity index (χ4n) is 8.58. The molecule has 0 radical (unpaired) electrons. The van der Waals surface area contributed by atoms with Crippen molar-refractivity contribution in [1.82, 2.24) is 0 Å². The molecule has 10 aromatic carbocycles. The molecule has 0 atom stereocenters. The Kier molecular flexibility index (Phi) is 8.19. The van der Waals surface area contributed by atoms with Gasteiger partial charge in [0.25, 0.3) is 0 Å². The van der Waals surface area contributed by atoms with Crippen LogP contribution in [0.4, 0.5) is 17.1 Å². The van der Waals surface area contributed by atoms with Gasteiger partial charge >= 0.3 is 0 Å². The molecule has 0 bridgehead atoms. The highest BCUT2D eigenvalue weighted by atomic mass is 16.3. The van der Waals surface area contributed by atoms with Gasteiger partial charge in [-0.15, -0.1) is 0 Å². The zero-order valence-electron chi connectivity index (χ0n) is 31.7. The molecule has 0 fully saturated rings. The van der Waals surface area contributed by atoms with Crippen molar-refractivity contribution in [3.63, 3.8) is 0 Å². The molecule has 11 rings (SSSR count). The first kappa shape index (κ1) is 33.6. The quantitative estimate of drug-likeness (QED) is 0.162. The summed E-state index contributed by atoms with van der Waals surface area (Å²) in [4.78, 5) is 2.39. The lowest BCUT2D eigenvalue weighted by Crippen LogP contribution is -2.10. The molecular weight excluding hydrogens is 703 g/mol. The average molecular weight is 740 g/mol. The predicted molar refractivity (Wildman–Crippen MR) is 245 cm³/mol. The van der Waals surface area contributed by atoms with Crippen LogP contribution in [0.3, 0.4) is 0 Å². The first-order chi connectivity index (χ1) is 28.7. The summed E-state index contributed by atoms with van der Waals surface area (Å²) in [5.74, 6) is 0. The summed E-state index contributed by atoms with van der Waals surface area (Å²) >= 11 is 0. The Morgan fingerprint density at radius 1 is 0.310 bits per heavy atom. The second-order valence-electron chi connectivity index (χ2n) is 14.9. The number of hydrogen-bond acceptors (Lipinski definition) is 2. The van der Waals surface area contributed by atoms with Gasteiger partial charge in [0, 0.05) is 22.1 Å². The molecule has 2 heteroatoms. The first-order valence-corrected chi connectivity index (χ1v) is 19.8. The third-order valence-electron chi connectivity index (χ3n) is 11.4. The van der Waals surface area contributed by atoms with Gasteiger partial charge in [0.1, 0.15) is 11.2 Å². The van der Waals surface area contributed by atoms with Gasteiger partial charge in [-0.3, -0.25) is 0 Å². The van der Waals surface area contributed by atoms with E-state index in [1.165, 1.54) is 55.1 Å². The molecule has 0 amide bonds. The Balaban J connectivity index is 1.12. The van der Waals surface area contributed by atoms with Gasteiger partial charge in [-0.05, 0) is 109 Å². The van der Waals surface area contributed by atoms with E-state index < -0.39 is 0 Å². The molecule has 1 aromatic heterocycles. The van der Waals surface area contributed by atoms with Gasteiger partial charge in [0.2, 0.25) is 0 Å². The molecule has 0 N–H and O–H groups in total. The fourth-order valence-corrected chi connectivity index (χ4v) is 8.58. The summed E-state index contributed by atoms with van der Waals surface area (Å²) in [5.41, 5.74) is 14.4. The molecule has 272 valence electrons. The number of fused-ring (bicyclic) bond motifs is 6. The van der Waals surface area contributed by atoms with Crippen molar-refractivity contribution in [3.05, 3.63) is 224 Å². The molecule has 0 saturated carbocycles. The highest BCUT2D eigenvalue weighted by Crippen LogP contribution is 2.47. The van der Waals surface area contributed by atoms with Crippen LogP contribution in [0.2, 0.25) is 0 Å². The lowest BCUT2D eigenvalue weighted by atomic mass is 9.93. The zero-order chi connectivity index (χ0) is 38.4. The molecule has 2 nitrogen and oxygen atoms in total. The Morgan fingerprint density at radius 3 is 1.59 bits per heavy atom. The van der Waals surface area contributed by atoms with E-state index in [0.29, 0.717) is 0 Å². The van der Waals surface area contributed by atoms with Gasteiger partial charge in [-0.25, -0.2) is 0 Å². The van der Waals surface area contributed by atoms with Crippen LogP contribution in [0, 0.1) is 0 Å². The maximum Gasteiger partial charge on any atom is 0.143 e. The summed E-state index contributed by atoms with van der Waals surface area (Å²) in [5, 5.41) is 6.90. The van der Waals surface area contributed by atoms with Crippen LogP contribution >= 0.6 is 0 Å². The second kappa shape index (κ2) is 14.1. The largest absolute Gasteiger partial charge is 0.455 e. The molecule has 0 aliphatic carbocycles. The smallest absolute Gasteiger partial charge is 0.143 e. The molecule has 1 heterocycles. The fraction of sp³-hybridized carbons (Fsp3) is 0. The standard InChI is InChI=1S/C56H37NO/c1-3-13-38(14-4-1)41-25-27-43(28-26-41)45-19-11-20-48(36-45)57(47-33-31-42(32-34-47)39-15-5-2-6-16-39)53-23-12-24-54-55(53)52-37-51(49-21-9-10-22-50(49)56(52)58-54)46-30-29-40-17-7-8-18-44(40)35-46/h1-37H. The van der Waals surface area contributed by atoms with E-state index in [4.69, 9.17) is 4.42 Å². The third-order valence-corrected chi connectivity index (χ3v) is 11.4. The van der Waals surface area contributed by atoms with E-state index in [1.54, 1.807) is 0 Å². The van der Waals surface area contributed by atoms with Crippen LogP contribution in [0.15, 0.2) is 229 Å². The first-order valence-electron chi connectivity index (χ1n) is 19.8. The Morgan fingerprint density at radius 2 is 0.862 bits per heavy atom. The zero-order valence-corrected chi connectivity index (χ0v) is 31.7. The van der Waals surface area contributed by atoms with E-state index >= 15 is 0 Å². The number of rotatable bonds is 7. The lowest BCUT2D eigenvalue weighted by molar-refractivity contribution is 0.672. The Hall–Kier alpha value is -7.68. The SMILES string of the molecule is c1ccc(-c2ccc(-c3cccc(N(c4ccc(-c5ccccc5)cc4)c4cccc5oc6c7ccccc7c(-c7ccc8ccccc8c7)cc6c45)c3)cc2)cc1. The van der Waals surface area contributed by atoms with Gasteiger partial charge in [-0.2, -0.15) is 0 Å². The van der Waals surface area contributed by atoms with Crippen molar-refractivity contribution in [3.8, 4) is 44.5 Å². The van der Waals surface area contributed by atoms with E-state index in [2.05, 4.69) is 229 Å². The van der Waals surface area contributed by atoms with E-state index in [-0.39, 0.29) is 0 Å². The van der Waals surface area contributed by atoms with E-state index in [9.17, 15) is 0 Å².